The van der Waals surface area contributed by atoms with Crippen molar-refractivity contribution in [3.05, 3.63) is 0 Å². The fraction of sp³-hybridized carbons (Fsp3) is 0.667. The molecule has 92 valence electrons. The fourth-order valence-electron chi connectivity index (χ4n) is 1.07. The molecule has 7 heteroatoms. The Hall–Kier alpha value is -1.63. The Morgan fingerprint density at radius 2 is 1.75 bits per heavy atom. The molecule has 0 aliphatic heterocycles. The summed E-state index contributed by atoms with van der Waals surface area (Å²) in [6.07, 6.45) is 0. The van der Waals surface area contributed by atoms with Gasteiger partial charge in [0.2, 0.25) is 11.8 Å². The van der Waals surface area contributed by atoms with E-state index in [2.05, 4.69) is 0 Å². The van der Waals surface area contributed by atoms with E-state index in [1.165, 1.54) is 9.80 Å². The highest BCUT2D eigenvalue weighted by molar-refractivity contribution is 5.81. The summed E-state index contributed by atoms with van der Waals surface area (Å²) in [4.78, 5) is 35.3. The molecule has 0 aliphatic carbocycles. The third kappa shape index (κ3) is 5.97. The molecule has 0 spiro atoms. The average molecular weight is 231 g/mol. The zero-order valence-corrected chi connectivity index (χ0v) is 9.47. The van der Waals surface area contributed by atoms with Crippen LogP contribution in [0.5, 0.6) is 0 Å². The lowest BCUT2D eigenvalue weighted by Crippen LogP contribution is -2.44. The van der Waals surface area contributed by atoms with Crippen LogP contribution in [-0.2, 0) is 14.4 Å². The molecule has 0 aromatic rings. The number of nitrogens with two attached hydrogens (primary N) is 1. The van der Waals surface area contributed by atoms with E-state index >= 15 is 0 Å². The number of rotatable bonds is 7. The van der Waals surface area contributed by atoms with Crippen molar-refractivity contribution in [3.63, 3.8) is 0 Å². The number of carboxylic acids is 1. The van der Waals surface area contributed by atoms with Crippen molar-refractivity contribution in [2.45, 2.75) is 6.92 Å². The standard InChI is InChI=1S/C9H17N3O4/c1-3-11(2)8(14)5-12(4-7(10)13)6-9(15)16/h3-6H2,1-2H3,(H2,10,13)(H,15,16). The quantitative estimate of drug-likeness (QED) is 0.545. The third-order valence-electron chi connectivity index (χ3n) is 2.00. The van der Waals surface area contributed by atoms with Gasteiger partial charge in [-0.25, -0.2) is 0 Å². The van der Waals surface area contributed by atoms with Crippen molar-refractivity contribution in [3.8, 4) is 0 Å². The van der Waals surface area contributed by atoms with Gasteiger partial charge in [0.25, 0.3) is 0 Å². The first kappa shape index (κ1) is 14.4. The van der Waals surface area contributed by atoms with E-state index in [1.807, 2.05) is 0 Å². The predicted molar refractivity (Wildman–Crippen MR) is 56.6 cm³/mol. The van der Waals surface area contributed by atoms with Crippen LogP contribution in [0.25, 0.3) is 0 Å². The van der Waals surface area contributed by atoms with Crippen LogP contribution in [0, 0.1) is 0 Å². The van der Waals surface area contributed by atoms with Crippen LogP contribution in [0.1, 0.15) is 6.92 Å². The molecule has 0 saturated carbocycles. The summed E-state index contributed by atoms with van der Waals surface area (Å²) in [6.45, 7) is 1.57. The highest BCUT2D eigenvalue weighted by Gasteiger charge is 2.17. The van der Waals surface area contributed by atoms with E-state index in [9.17, 15) is 14.4 Å². The summed E-state index contributed by atoms with van der Waals surface area (Å²) in [6, 6.07) is 0. The number of carboxylic acid groups (broad SMARTS) is 1. The summed E-state index contributed by atoms with van der Waals surface area (Å²) in [7, 11) is 1.60. The number of aliphatic carboxylic acids is 1. The molecule has 0 rings (SSSR count). The number of likely N-dealkylation sites (N-methyl/N-ethyl adjacent to an activating group) is 1. The van der Waals surface area contributed by atoms with Crippen molar-refractivity contribution in [2.75, 3.05) is 33.2 Å². The number of primary amides is 1. The molecule has 7 nitrogen and oxygen atoms in total. The molecular weight excluding hydrogens is 214 g/mol. The van der Waals surface area contributed by atoms with E-state index in [0.717, 1.165) is 0 Å². The van der Waals surface area contributed by atoms with Gasteiger partial charge in [-0.3, -0.25) is 19.3 Å². The average Bonchev–Trinajstić information content (AvgIpc) is 2.14. The van der Waals surface area contributed by atoms with E-state index in [4.69, 9.17) is 10.8 Å². The van der Waals surface area contributed by atoms with E-state index in [1.54, 1.807) is 14.0 Å². The molecule has 0 unspecified atom stereocenters. The summed E-state index contributed by atoms with van der Waals surface area (Å²) in [5, 5.41) is 8.59. The molecule has 16 heavy (non-hydrogen) atoms. The zero-order valence-electron chi connectivity index (χ0n) is 9.47. The second-order valence-corrected chi connectivity index (χ2v) is 3.41. The van der Waals surface area contributed by atoms with Crippen LogP contribution in [0.2, 0.25) is 0 Å². The topological polar surface area (TPSA) is 104 Å². The lowest BCUT2D eigenvalue weighted by molar-refractivity contribution is -0.139. The predicted octanol–water partition coefficient (Wildman–Crippen LogP) is -1.66. The van der Waals surface area contributed by atoms with Gasteiger partial charge in [0.15, 0.2) is 0 Å². The van der Waals surface area contributed by atoms with Gasteiger partial charge in [0.1, 0.15) is 0 Å². The van der Waals surface area contributed by atoms with Gasteiger partial charge < -0.3 is 15.7 Å². The molecule has 0 heterocycles. The molecule has 0 bridgehead atoms. The molecule has 0 radical (unpaired) electrons. The van der Waals surface area contributed by atoms with E-state index in [0.29, 0.717) is 6.54 Å². The third-order valence-corrected chi connectivity index (χ3v) is 2.00. The van der Waals surface area contributed by atoms with Crippen molar-refractivity contribution in [2.24, 2.45) is 5.73 Å². The summed E-state index contributed by atoms with van der Waals surface area (Å²) < 4.78 is 0. The van der Waals surface area contributed by atoms with Crippen LogP contribution in [0.4, 0.5) is 0 Å². The number of amides is 2. The molecule has 0 atom stereocenters. The van der Waals surface area contributed by atoms with Crippen LogP contribution in [0.15, 0.2) is 0 Å². The first-order valence-electron chi connectivity index (χ1n) is 4.83. The molecule has 3 N–H and O–H groups in total. The van der Waals surface area contributed by atoms with E-state index in [-0.39, 0.29) is 25.5 Å². The van der Waals surface area contributed by atoms with Crippen LogP contribution in [-0.4, -0.2) is 65.9 Å². The molecule has 0 aromatic carbocycles. The molecule has 0 aromatic heterocycles. The van der Waals surface area contributed by atoms with Gasteiger partial charge in [-0.05, 0) is 6.92 Å². The van der Waals surface area contributed by atoms with Crippen molar-refractivity contribution in [1.82, 2.24) is 9.80 Å². The van der Waals surface area contributed by atoms with Gasteiger partial charge >= 0.3 is 5.97 Å². The number of carbonyl (C=O) groups excluding carboxylic acids is 2. The lowest BCUT2D eigenvalue weighted by Gasteiger charge is -2.21. The monoisotopic (exact) mass is 231 g/mol. The highest BCUT2D eigenvalue weighted by atomic mass is 16.4. The second-order valence-electron chi connectivity index (χ2n) is 3.41. The zero-order chi connectivity index (χ0) is 12.7. The Balaban J connectivity index is 4.35. The number of hydrogen-bond acceptors (Lipinski definition) is 4. The van der Waals surface area contributed by atoms with Crippen LogP contribution >= 0.6 is 0 Å². The maximum atomic E-state index is 11.5. The summed E-state index contributed by atoms with van der Waals surface area (Å²) in [5.41, 5.74) is 4.95. The lowest BCUT2D eigenvalue weighted by atomic mass is 10.4. The SMILES string of the molecule is CCN(C)C(=O)CN(CC(N)=O)CC(=O)O. The first-order chi connectivity index (χ1) is 7.36. The summed E-state index contributed by atoms with van der Waals surface area (Å²) >= 11 is 0. The normalized spacial score (nSPS) is 10.2. The van der Waals surface area contributed by atoms with Gasteiger partial charge in [0.05, 0.1) is 19.6 Å². The number of carbonyl (C=O) groups is 3. The van der Waals surface area contributed by atoms with Crippen molar-refractivity contribution < 1.29 is 19.5 Å². The van der Waals surface area contributed by atoms with Crippen molar-refractivity contribution >= 4 is 17.8 Å². The van der Waals surface area contributed by atoms with Gasteiger partial charge in [-0.2, -0.15) is 0 Å². The molecule has 2 amide bonds. The molecular formula is C9H17N3O4. The van der Waals surface area contributed by atoms with Crippen LogP contribution in [0.3, 0.4) is 0 Å². The van der Waals surface area contributed by atoms with E-state index < -0.39 is 11.9 Å². The summed E-state index contributed by atoms with van der Waals surface area (Å²) in [5.74, 6) is -2.01. The Morgan fingerprint density at radius 3 is 2.12 bits per heavy atom. The molecule has 0 fully saturated rings. The Morgan fingerprint density at radius 1 is 1.19 bits per heavy atom. The Labute approximate surface area is 93.8 Å². The van der Waals surface area contributed by atoms with Crippen LogP contribution < -0.4 is 5.73 Å². The molecule has 0 saturated heterocycles. The number of hydrogen-bond donors (Lipinski definition) is 2. The van der Waals surface area contributed by atoms with Gasteiger partial charge in [-0.1, -0.05) is 0 Å². The maximum absolute atomic E-state index is 11.5. The maximum Gasteiger partial charge on any atom is 0.317 e. The highest BCUT2D eigenvalue weighted by Crippen LogP contribution is 1.92. The van der Waals surface area contributed by atoms with Gasteiger partial charge in [-0.15, -0.1) is 0 Å². The minimum atomic E-state index is -1.10. The van der Waals surface area contributed by atoms with Gasteiger partial charge in [0, 0.05) is 13.6 Å². The first-order valence-corrected chi connectivity index (χ1v) is 4.83. The molecule has 0 aliphatic rings. The second kappa shape index (κ2) is 6.78. The Kier molecular flexibility index (Phi) is 6.09. The minimum Gasteiger partial charge on any atom is -0.480 e. The number of nitrogens with zero attached hydrogens (tertiary/aromatic N) is 2. The van der Waals surface area contributed by atoms with Crippen molar-refractivity contribution in [1.29, 1.82) is 0 Å². The minimum absolute atomic E-state index is 0.125. The smallest absolute Gasteiger partial charge is 0.317 e. The fourth-order valence-corrected chi connectivity index (χ4v) is 1.07. The Bertz CT molecular complexity index is 264. The largest absolute Gasteiger partial charge is 0.480 e.